The third-order valence-corrected chi connectivity index (χ3v) is 4.66. The third kappa shape index (κ3) is 5.52. The van der Waals surface area contributed by atoms with Crippen LogP contribution in [-0.2, 0) is 13.1 Å². The highest BCUT2D eigenvalue weighted by Crippen LogP contribution is 2.25. The largest absolute Gasteiger partial charge is 0.497 e. The lowest BCUT2D eigenvalue weighted by Crippen LogP contribution is -2.36. The molecular formula is C18H27N5O2S. The van der Waals surface area contributed by atoms with E-state index >= 15 is 0 Å². The molecule has 0 amide bonds. The number of methoxy groups -OCH3 is 2. The number of rotatable bonds is 8. The molecule has 1 heterocycles. The van der Waals surface area contributed by atoms with E-state index in [1.807, 2.05) is 44.1 Å². The Morgan fingerprint density at radius 3 is 2.65 bits per heavy atom. The van der Waals surface area contributed by atoms with Crippen molar-refractivity contribution in [1.82, 2.24) is 15.6 Å². The van der Waals surface area contributed by atoms with Crippen molar-refractivity contribution in [2.24, 2.45) is 4.99 Å². The second kappa shape index (κ2) is 9.86. The third-order valence-electron chi connectivity index (χ3n) is 3.61. The number of hydrogen-bond donors (Lipinski definition) is 2. The van der Waals surface area contributed by atoms with Crippen LogP contribution in [0.5, 0.6) is 11.5 Å². The highest BCUT2D eigenvalue weighted by Gasteiger charge is 2.07. The van der Waals surface area contributed by atoms with Crippen molar-refractivity contribution in [2.75, 3.05) is 39.8 Å². The molecule has 1 aromatic carbocycles. The van der Waals surface area contributed by atoms with E-state index in [1.54, 1.807) is 25.6 Å². The van der Waals surface area contributed by atoms with E-state index in [1.165, 1.54) is 0 Å². The Hall–Kier alpha value is -2.48. The van der Waals surface area contributed by atoms with Crippen molar-refractivity contribution in [3.8, 4) is 11.5 Å². The molecule has 2 N–H and O–H groups in total. The van der Waals surface area contributed by atoms with Crippen LogP contribution in [0.2, 0.25) is 0 Å². The fraction of sp³-hybridized carbons (Fsp3) is 0.444. The summed E-state index contributed by atoms with van der Waals surface area (Å²) in [6.07, 6.45) is 0. The normalized spacial score (nSPS) is 11.2. The van der Waals surface area contributed by atoms with Crippen LogP contribution in [0.25, 0.3) is 0 Å². The highest BCUT2D eigenvalue weighted by atomic mass is 32.1. The van der Waals surface area contributed by atoms with Crippen molar-refractivity contribution in [3.05, 3.63) is 34.8 Å². The summed E-state index contributed by atoms with van der Waals surface area (Å²) in [6.45, 7) is 3.95. The van der Waals surface area contributed by atoms with Gasteiger partial charge in [0.25, 0.3) is 0 Å². The summed E-state index contributed by atoms with van der Waals surface area (Å²) in [4.78, 5) is 11.2. The Balaban J connectivity index is 2.03. The number of ether oxygens (including phenoxy) is 2. The average Bonchev–Trinajstić information content (AvgIpc) is 3.13. The van der Waals surface area contributed by atoms with Gasteiger partial charge in [0.2, 0.25) is 0 Å². The Morgan fingerprint density at radius 1 is 1.23 bits per heavy atom. The highest BCUT2D eigenvalue weighted by molar-refractivity contribution is 7.13. The molecule has 0 radical (unpaired) electrons. The molecule has 0 fully saturated rings. The molecular weight excluding hydrogens is 350 g/mol. The lowest BCUT2D eigenvalue weighted by molar-refractivity contribution is 0.391. The number of aromatic nitrogens is 1. The van der Waals surface area contributed by atoms with Gasteiger partial charge >= 0.3 is 0 Å². The number of thiazole rings is 1. The minimum atomic E-state index is 0.502. The molecule has 1 aromatic heterocycles. The predicted molar refractivity (Wildman–Crippen MR) is 108 cm³/mol. The first-order valence-corrected chi connectivity index (χ1v) is 9.30. The fourth-order valence-electron chi connectivity index (χ4n) is 2.25. The molecule has 2 rings (SSSR count). The molecule has 0 saturated carbocycles. The predicted octanol–water partition coefficient (Wildman–Crippen LogP) is 2.48. The summed E-state index contributed by atoms with van der Waals surface area (Å²) < 4.78 is 10.7. The zero-order valence-corrected chi connectivity index (χ0v) is 16.8. The van der Waals surface area contributed by atoms with Crippen molar-refractivity contribution < 1.29 is 9.47 Å². The molecule has 26 heavy (non-hydrogen) atoms. The Morgan fingerprint density at radius 2 is 2.04 bits per heavy atom. The maximum absolute atomic E-state index is 5.43. The number of anilines is 1. The molecule has 8 heteroatoms. The summed E-state index contributed by atoms with van der Waals surface area (Å²) in [5, 5.41) is 9.62. The molecule has 0 unspecified atom stereocenters. The Kier molecular flexibility index (Phi) is 7.53. The maximum atomic E-state index is 5.43. The van der Waals surface area contributed by atoms with E-state index < -0.39 is 0 Å². The monoisotopic (exact) mass is 377 g/mol. The van der Waals surface area contributed by atoms with Gasteiger partial charge in [-0.15, -0.1) is 11.3 Å². The average molecular weight is 378 g/mol. The van der Waals surface area contributed by atoms with E-state index in [0.717, 1.165) is 40.4 Å². The first kappa shape index (κ1) is 19.8. The molecule has 142 valence electrons. The van der Waals surface area contributed by atoms with E-state index in [-0.39, 0.29) is 0 Å². The van der Waals surface area contributed by atoms with Gasteiger partial charge in [0, 0.05) is 37.6 Å². The minimum Gasteiger partial charge on any atom is -0.497 e. The molecule has 0 aliphatic carbocycles. The second-order valence-corrected chi connectivity index (χ2v) is 6.58. The van der Waals surface area contributed by atoms with Gasteiger partial charge in [0.15, 0.2) is 11.1 Å². The maximum Gasteiger partial charge on any atom is 0.191 e. The lowest BCUT2D eigenvalue weighted by atomic mass is 10.2. The number of aliphatic imine (C=N–C) groups is 1. The first-order valence-electron chi connectivity index (χ1n) is 8.42. The van der Waals surface area contributed by atoms with Gasteiger partial charge in [0.1, 0.15) is 11.5 Å². The summed E-state index contributed by atoms with van der Waals surface area (Å²) in [6, 6.07) is 5.74. The molecule has 2 aromatic rings. The lowest BCUT2D eigenvalue weighted by Gasteiger charge is -2.12. The van der Waals surface area contributed by atoms with Crippen LogP contribution >= 0.6 is 11.3 Å². The van der Waals surface area contributed by atoms with Crippen LogP contribution < -0.4 is 25.0 Å². The van der Waals surface area contributed by atoms with E-state index in [0.29, 0.717) is 13.1 Å². The zero-order valence-electron chi connectivity index (χ0n) is 16.0. The van der Waals surface area contributed by atoms with Gasteiger partial charge in [-0.2, -0.15) is 0 Å². The topological polar surface area (TPSA) is 71.0 Å². The molecule has 0 aliphatic heterocycles. The van der Waals surface area contributed by atoms with Crippen LogP contribution in [-0.4, -0.2) is 45.8 Å². The summed E-state index contributed by atoms with van der Waals surface area (Å²) >= 11 is 1.63. The minimum absolute atomic E-state index is 0.502. The number of hydrogen-bond acceptors (Lipinski definition) is 6. The molecule has 0 atom stereocenters. The van der Waals surface area contributed by atoms with Gasteiger partial charge in [0.05, 0.1) is 33.0 Å². The molecule has 0 saturated heterocycles. The molecule has 0 spiro atoms. The number of nitrogens with zero attached hydrogens (tertiary/aromatic N) is 3. The van der Waals surface area contributed by atoms with E-state index in [9.17, 15) is 0 Å². The molecule has 0 bridgehead atoms. The van der Waals surface area contributed by atoms with Crippen LogP contribution in [0.3, 0.4) is 0 Å². The quantitative estimate of drug-likeness (QED) is 0.544. The fourth-order valence-corrected chi connectivity index (χ4v) is 3.00. The van der Waals surface area contributed by atoms with Crippen LogP contribution in [0, 0.1) is 0 Å². The number of benzene rings is 1. The van der Waals surface area contributed by atoms with Crippen LogP contribution in [0.1, 0.15) is 18.2 Å². The van der Waals surface area contributed by atoms with Crippen molar-refractivity contribution in [3.63, 3.8) is 0 Å². The zero-order chi connectivity index (χ0) is 18.9. The van der Waals surface area contributed by atoms with Crippen LogP contribution in [0.15, 0.2) is 28.6 Å². The smallest absolute Gasteiger partial charge is 0.191 e. The van der Waals surface area contributed by atoms with Crippen LogP contribution in [0.4, 0.5) is 5.13 Å². The molecule has 7 nitrogen and oxygen atoms in total. The Labute approximate surface area is 159 Å². The first-order chi connectivity index (χ1) is 12.6. The summed E-state index contributed by atoms with van der Waals surface area (Å²) in [5.74, 6) is 2.27. The van der Waals surface area contributed by atoms with Gasteiger partial charge < -0.3 is 25.0 Å². The SMILES string of the molecule is CCNC(=NCc1ccc(OC)cc1OC)NCc1csc(N(C)C)n1. The Bertz CT molecular complexity index is 730. The van der Waals surface area contributed by atoms with E-state index in [2.05, 4.69) is 26.0 Å². The second-order valence-electron chi connectivity index (χ2n) is 5.74. The number of nitrogens with one attached hydrogen (secondary N) is 2. The standard InChI is InChI=1S/C18H27N5O2S/c1-6-19-17(21-11-14-12-26-18(22-14)23(2)3)20-10-13-7-8-15(24-4)9-16(13)25-5/h7-9,12H,6,10-11H2,1-5H3,(H2,19,20,21). The van der Waals surface area contributed by atoms with Crippen molar-refractivity contribution in [1.29, 1.82) is 0 Å². The number of guanidine groups is 1. The van der Waals surface area contributed by atoms with Gasteiger partial charge in [-0.25, -0.2) is 9.98 Å². The van der Waals surface area contributed by atoms with Crippen molar-refractivity contribution in [2.45, 2.75) is 20.0 Å². The molecule has 0 aliphatic rings. The van der Waals surface area contributed by atoms with Gasteiger partial charge in [-0.1, -0.05) is 0 Å². The van der Waals surface area contributed by atoms with E-state index in [4.69, 9.17) is 9.47 Å². The summed E-state index contributed by atoms with van der Waals surface area (Å²) in [7, 11) is 7.27. The van der Waals surface area contributed by atoms with Gasteiger partial charge in [-0.05, 0) is 19.1 Å². The summed E-state index contributed by atoms with van der Waals surface area (Å²) in [5.41, 5.74) is 1.99. The van der Waals surface area contributed by atoms with Crippen molar-refractivity contribution >= 4 is 22.4 Å². The van der Waals surface area contributed by atoms with Gasteiger partial charge in [-0.3, -0.25) is 0 Å².